The fraction of sp³-hybridized carbons (Fsp3) is 0.500. The molecule has 0 saturated heterocycles. The van der Waals surface area contributed by atoms with Gasteiger partial charge in [-0.05, 0) is 89.0 Å². The van der Waals surface area contributed by atoms with Crippen molar-refractivity contribution >= 4 is 49.0 Å². The first-order valence-electron chi connectivity index (χ1n) is 15.4. The second-order valence-corrected chi connectivity index (χ2v) is 17.8. The summed E-state index contributed by atoms with van der Waals surface area (Å²) in [5.41, 5.74) is 0.968. The highest BCUT2D eigenvalue weighted by atomic mass is 32.2. The van der Waals surface area contributed by atoms with Gasteiger partial charge in [-0.3, -0.25) is 13.9 Å². The zero-order valence-corrected chi connectivity index (χ0v) is 28.7. The van der Waals surface area contributed by atoms with E-state index in [1.54, 1.807) is 27.7 Å². The molecule has 46 heavy (non-hydrogen) atoms. The van der Waals surface area contributed by atoms with Crippen LogP contribution in [0.3, 0.4) is 0 Å². The Morgan fingerprint density at radius 1 is 1.04 bits per heavy atom. The topological polar surface area (TPSA) is 130 Å². The molecule has 4 aromatic rings. The van der Waals surface area contributed by atoms with E-state index >= 15 is 0 Å². The highest BCUT2D eigenvalue weighted by Gasteiger charge is 2.54. The number of hydrogen-bond acceptors (Lipinski definition) is 10. The van der Waals surface area contributed by atoms with E-state index in [-0.39, 0.29) is 27.5 Å². The molecule has 1 saturated carbocycles. The summed E-state index contributed by atoms with van der Waals surface area (Å²) in [6.07, 6.45) is 3.99. The molecule has 0 atom stereocenters. The number of sulfonamides is 1. The first kappa shape index (κ1) is 31.3. The van der Waals surface area contributed by atoms with Crippen molar-refractivity contribution in [3.63, 3.8) is 0 Å². The monoisotopic (exact) mass is 684 g/mol. The van der Waals surface area contributed by atoms with E-state index in [9.17, 15) is 22.8 Å². The number of thiophene rings is 1. The van der Waals surface area contributed by atoms with Crippen LogP contribution in [0.2, 0.25) is 0 Å². The molecule has 14 heteroatoms. The van der Waals surface area contributed by atoms with Crippen LogP contribution >= 0.6 is 22.7 Å². The van der Waals surface area contributed by atoms with Crippen LogP contribution < -0.4 is 11.2 Å². The molecule has 244 valence electrons. The largest absolute Gasteiger partial charge is 0.443 e. The Morgan fingerprint density at radius 2 is 1.78 bits per heavy atom. The van der Waals surface area contributed by atoms with E-state index < -0.39 is 38.5 Å². The van der Waals surface area contributed by atoms with Crippen LogP contribution in [0.15, 0.2) is 38.1 Å². The zero-order valence-electron chi connectivity index (χ0n) is 26.3. The molecule has 0 spiro atoms. The van der Waals surface area contributed by atoms with E-state index in [2.05, 4.69) is 0 Å². The lowest BCUT2D eigenvalue weighted by Gasteiger charge is -2.30. The van der Waals surface area contributed by atoms with Gasteiger partial charge in [0.15, 0.2) is 0 Å². The summed E-state index contributed by atoms with van der Waals surface area (Å²) in [5.74, 6) is 0. The van der Waals surface area contributed by atoms with Crippen LogP contribution in [0.5, 0.6) is 0 Å². The second-order valence-electron chi connectivity index (χ2n) is 13.6. The predicted molar refractivity (Wildman–Crippen MR) is 175 cm³/mol. The maximum absolute atomic E-state index is 14.2. The van der Waals surface area contributed by atoms with Gasteiger partial charge in [-0.1, -0.05) is 18.2 Å². The van der Waals surface area contributed by atoms with Gasteiger partial charge in [-0.15, -0.1) is 22.7 Å². The number of nitrogens with zero attached hydrogens (tertiary/aromatic N) is 4. The fourth-order valence-corrected chi connectivity index (χ4v) is 10.4. The standard InChI is InChI=1S/C32H36N4O7S3/c1-31(2,3)43-30(39)36(32(4)11-12-32)46(40,41)26-14-22-27(37)34(16-25-33-23-7-5-6-8-24(23)44-25)29(38)35(28(22)45-26)15-19-9-10-20-17-42-18-21(20)13-19/h9-10,13-14H,5-8,11-12,15-18H2,1-4H3. The third kappa shape index (κ3) is 5.62. The quantitative estimate of drug-likeness (QED) is 0.261. The molecule has 1 amide bonds. The van der Waals surface area contributed by atoms with E-state index in [1.165, 1.54) is 26.8 Å². The van der Waals surface area contributed by atoms with E-state index in [0.29, 0.717) is 31.1 Å². The minimum Gasteiger partial charge on any atom is -0.443 e. The van der Waals surface area contributed by atoms with Crippen molar-refractivity contribution in [1.29, 1.82) is 0 Å². The molecular formula is C32H36N4O7S3. The number of carbonyl (C=O) groups excluding carboxylic acids is 1. The lowest BCUT2D eigenvalue weighted by Crippen LogP contribution is -2.47. The van der Waals surface area contributed by atoms with Crippen LogP contribution in [0.1, 0.15) is 85.6 Å². The number of ether oxygens (including phenoxy) is 2. The summed E-state index contributed by atoms with van der Waals surface area (Å²) in [6.45, 7) is 7.84. The smallest absolute Gasteiger partial charge is 0.424 e. The average molecular weight is 685 g/mol. The van der Waals surface area contributed by atoms with Gasteiger partial charge in [0.2, 0.25) is 0 Å². The molecule has 0 radical (unpaired) electrons. The van der Waals surface area contributed by atoms with Crippen molar-refractivity contribution < 1.29 is 22.7 Å². The molecule has 0 bridgehead atoms. The Hall–Kier alpha value is -3.33. The third-order valence-electron chi connectivity index (χ3n) is 8.70. The number of hydrogen-bond donors (Lipinski definition) is 0. The molecule has 11 nitrogen and oxygen atoms in total. The molecule has 3 aromatic heterocycles. The Kier molecular flexibility index (Phi) is 7.57. The number of rotatable bonds is 7. The highest BCUT2D eigenvalue weighted by molar-refractivity contribution is 7.92. The van der Waals surface area contributed by atoms with Crippen molar-refractivity contribution in [2.45, 2.75) is 108 Å². The van der Waals surface area contributed by atoms with Gasteiger partial charge in [0.25, 0.3) is 15.6 Å². The lowest BCUT2D eigenvalue weighted by atomic mass is 10.0. The molecule has 0 N–H and O–H groups in total. The maximum Gasteiger partial charge on any atom is 0.424 e. The Balaban J connectivity index is 1.37. The molecule has 2 aliphatic carbocycles. The molecule has 1 aliphatic heterocycles. The van der Waals surface area contributed by atoms with Gasteiger partial charge in [-0.25, -0.2) is 14.6 Å². The summed E-state index contributed by atoms with van der Waals surface area (Å²) in [4.78, 5) is 47.7. The first-order valence-corrected chi connectivity index (χ1v) is 18.5. The number of aromatic nitrogens is 3. The summed E-state index contributed by atoms with van der Waals surface area (Å²) in [6, 6.07) is 7.17. The SMILES string of the molecule is CC(C)(C)OC(=O)N(C1(C)CC1)S(=O)(=O)c1cc2c(=O)n(Cc3nc4c(s3)CCCC4)c(=O)n(Cc3ccc4c(c3)COC4)c2s1. The van der Waals surface area contributed by atoms with Crippen molar-refractivity contribution in [2.75, 3.05) is 0 Å². The predicted octanol–water partition coefficient (Wildman–Crippen LogP) is 5.17. The van der Waals surface area contributed by atoms with Crippen LogP contribution in [0.25, 0.3) is 10.2 Å². The van der Waals surface area contributed by atoms with Crippen LogP contribution in [-0.4, -0.2) is 44.1 Å². The van der Waals surface area contributed by atoms with Crippen molar-refractivity contribution in [1.82, 2.24) is 18.4 Å². The van der Waals surface area contributed by atoms with Gasteiger partial charge in [-0.2, -0.15) is 12.7 Å². The van der Waals surface area contributed by atoms with E-state index in [4.69, 9.17) is 14.5 Å². The number of amides is 1. The van der Waals surface area contributed by atoms with Crippen LogP contribution in [-0.2, 0) is 58.6 Å². The fourth-order valence-electron chi connectivity index (χ4n) is 6.08. The number of aryl methyl sites for hydroxylation is 2. The Bertz CT molecular complexity index is 2090. The number of thiazole rings is 1. The number of benzene rings is 1. The summed E-state index contributed by atoms with van der Waals surface area (Å²) < 4.78 is 42.8. The maximum atomic E-state index is 14.2. The zero-order chi connectivity index (χ0) is 32.6. The first-order chi connectivity index (χ1) is 21.7. The molecule has 0 unspecified atom stereocenters. The molecule has 1 aromatic carbocycles. The minimum absolute atomic E-state index is 0.0106. The lowest BCUT2D eigenvalue weighted by molar-refractivity contribution is 0.0332. The molecule has 7 rings (SSSR count). The van der Waals surface area contributed by atoms with E-state index in [0.717, 1.165) is 68.3 Å². The van der Waals surface area contributed by atoms with Gasteiger partial charge in [0.1, 0.15) is 19.6 Å². The average Bonchev–Trinajstić information content (AvgIpc) is 3.38. The van der Waals surface area contributed by atoms with Gasteiger partial charge in [0.05, 0.1) is 42.9 Å². The molecule has 4 heterocycles. The van der Waals surface area contributed by atoms with Gasteiger partial charge < -0.3 is 9.47 Å². The normalized spacial score (nSPS) is 17.1. The summed E-state index contributed by atoms with van der Waals surface area (Å²) >= 11 is 2.35. The molecular weight excluding hydrogens is 649 g/mol. The summed E-state index contributed by atoms with van der Waals surface area (Å²) in [7, 11) is -4.44. The third-order valence-corrected chi connectivity index (χ3v) is 13.4. The Labute approximate surface area is 274 Å². The van der Waals surface area contributed by atoms with E-state index in [1.807, 2.05) is 18.2 Å². The number of carbonyl (C=O) groups is 1. The van der Waals surface area contributed by atoms with Crippen molar-refractivity contribution in [3.8, 4) is 0 Å². The molecule has 1 fully saturated rings. The van der Waals surface area contributed by atoms with Crippen LogP contribution in [0, 0.1) is 0 Å². The summed E-state index contributed by atoms with van der Waals surface area (Å²) in [5, 5.41) is 0.770. The van der Waals surface area contributed by atoms with Crippen molar-refractivity contribution in [3.05, 3.63) is 77.4 Å². The second kappa shape index (κ2) is 11.1. The number of fused-ring (bicyclic) bond motifs is 3. The van der Waals surface area contributed by atoms with Crippen LogP contribution in [0.4, 0.5) is 4.79 Å². The van der Waals surface area contributed by atoms with Gasteiger partial charge >= 0.3 is 11.8 Å². The highest BCUT2D eigenvalue weighted by Crippen LogP contribution is 2.46. The van der Waals surface area contributed by atoms with Gasteiger partial charge in [0, 0.05) is 4.88 Å². The Morgan fingerprint density at radius 3 is 2.50 bits per heavy atom. The van der Waals surface area contributed by atoms with Crippen molar-refractivity contribution in [2.24, 2.45) is 0 Å². The molecule has 3 aliphatic rings. The minimum atomic E-state index is -4.44.